The van der Waals surface area contributed by atoms with Crippen LogP contribution in [0.2, 0.25) is 0 Å². The molecule has 0 saturated heterocycles. The van der Waals surface area contributed by atoms with Crippen molar-refractivity contribution in [2.45, 2.75) is 38.6 Å². The van der Waals surface area contributed by atoms with Gasteiger partial charge in [-0.25, -0.2) is 0 Å². The minimum absolute atomic E-state index is 0.116. The summed E-state index contributed by atoms with van der Waals surface area (Å²) in [5.74, 6) is 0.182. The normalized spacial score (nSPS) is 11.4. The van der Waals surface area contributed by atoms with Gasteiger partial charge in [-0.1, -0.05) is 18.2 Å². The number of hydrogen-bond acceptors (Lipinski definition) is 7. The van der Waals surface area contributed by atoms with Crippen LogP contribution < -0.4 is 14.8 Å². The number of aryl methyl sites for hydroxylation is 1. The van der Waals surface area contributed by atoms with Crippen molar-refractivity contribution in [1.82, 2.24) is 15.2 Å². The fourth-order valence-corrected chi connectivity index (χ4v) is 4.16. The molecule has 1 N–H and O–H groups in total. The smallest absolute Gasteiger partial charge is 0.255 e. The number of nitrogens with one attached hydrogen (secondary N) is 1. The number of aromatic nitrogens is 1. The first-order valence-corrected chi connectivity index (χ1v) is 12.5. The summed E-state index contributed by atoms with van der Waals surface area (Å²) in [5.41, 5.74) is 2.01. The van der Waals surface area contributed by atoms with Crippen molar-refractivity contribution in [3.8, 4) is 11.5 Å². The molecule has 0 aliphatic rings. The van der Waals surface area contributed by atoms with Gasteiger partial charge in [0, 0.05) is 37.7 Å². The molecule has 0 aliphatic carbocycles. The van der Waals surface area contributed by atoms with Crippen molar-refractivity contribution in [3.05, 3.63) is 65.4 Å². The lowest BCUT2D eigenvalue weighted by Gasteiger charge is -2.27. The average Bonchev–Trinajstić information content (AvgIpc) is 2.93. The summed E-state index contributed by atoms with van der Waals surface area (Å²) in [5, 5.41) is 3.47. The SMILES string of the molecule is CNC(=O)C(CCC=O)N(C)C(=O)c1cccc(OCCCCOc2cc(C)nc3ccccc23)c1C=O. The minimum Gasteiger partial charge on any atom is -0.493 e. The molecule has 0 aliphatic heterocycles. The molecule has 1 heterocycles. The summed E-state index contributed by atoms with van der Waals surface area (Å²) in [7, 11) is 2.94. The van der Waals surface area contributed by atoms with Gasteiger partial charge < -0.3 is 24.5 Å². The van der Waals surface area contributed by atoms with E-state index in [-0.39, 0.29) is 29.9 Å². The summed E-state index contributed by atoms with van der Waals surface area (Å²) in [6.07, 6.45) is 2.97. The van der Waals surface area contributed by atoms with Crippen molar-refractivity contribution in [2.24, 2.45) is 0 Å². The molecule has 9 heteroatoms. The molecule has 0 radical (unpaired) electrons. The largest absolute Gasteiger partial charge is 0.493 e. The highest BCUT2D eigenvalue weighted by atomic mass is 16.5. The molecule has 1 aromatic heterocycles. The summed E-state index contributed by atoms with van der Waals surface area (Å²) in [6, 6.07) is 13.7. The zero-order valence-electron chi connectivity index (χ0n) is 21.9. The number of unbranched alkanes of at least 4 members (excludes halogenated alkanes) is 1. The fourth-order valence-electron chi connectivity index (χ4n) is 4.16. The van der Waals surface area contributed by atoms with Gasteiger partial charge in [-0.2, -0.15) is 0 Å². The molecule has 2 amide bonds. The van der Waals surface area contributed by atoms with Crippen LogP contribution in [0.5, 0.6) is 11.5 Å². The van der Waals surface area contributed by atoms with Gasteiger partial charge in [0.15, 0.2) is 6.29 Å². The van der Waals surface area contributed by atoms with Gasteiger partial charge in [0.1, 0.15) is 23.8 Å². The van der Waals surface area contributed by atoms with E-state index in [2.05, 4.69) is 10.3 Å². The van der Waals surface area contributed by atoms with E-state index < -0.39 is 11.9 Å². The second-order valence-electron chi connectivity index (χ2n) is 8.81. The summed E-state index contributed by atoms with van der Waals surface area (Å²) in [6.45, 7) is 2.74. The quantitative estimate of drug-likeness (QED) is 0.255. The third kappa shape index (κ3) is 6.94. The van der Waals surface area contributed by atoms with Crippen LogP contribution in [0.3, 0.4) is 0 Å². The Morgan fingerprint density at radius 2 is 1.74 bits per heavy atom. The molecule has 1 atom stereocenters. The predicted molar refractivity (Wildman–Crippen MR) is 144 cm³/mol. The number of carbonyl (C=O) groups is 4. The second-order valence-corrected chi connectivity index (χ2v) is 8.81. The van der Waals surface area contributed by atoms with Crippen LogP contribution in [0.1, 0.15) is 52.1 Å². The fraction of sp³-hybridized carbons (Fsp3) is 0.345. The summed E-state index contributed by atoms with van der Waals surface area (Å²) >= 11 is 0. The number of aldehydes is 2. The number of nitrogens with zero attached hydrogens (tertiary/aromatic N) is 2. The molecular weight excluding hydrogens is 486 g/mol. The predicted octanol–water partition coefficient (Wildman–Crippen LogP) is 3.76. The molecule has 2 aromatic carbocycles. The minimum atomic E-state index is -0.844. The Balaban J connectivity index is 1.60. The number of fused-ring (bicyclic) bond motifs is 1. The number of ether oxygens (including phenoxy) is 2. The Kier molecular flexibility index (Phi) is 10.3. The lowest BCUT2D eigenvalue weighted by Crippen LogP contribution is -2.47. The number of rotatable bonds is 14. The standard InChI is InChI=1S/C29H33N3O6/c1-20-18-27(22-10-4-5-12-24(22)31-20)38-17-7-6-16-37-26-14-8-11-21(23(26)19-34)29(36)32(3)25(13-9-15-33)28(35)30-2/h4-5,8,10-12,14-15,18-19,25H,6-7,9,13,16-17H2,1-3H3,(H,30,35). The van der Waals surface area contributed by atoms with E-state index in [0.717, 1.165) is 28.8 Å². The summed E-state index contributed by atoms with van der Waals surface area (Å²) in [4.78, 5) is 54.0. The highest BCUT2D eigenvalue weighted by Gasteiger charge is 2.28. The molecule has 0 bridgehead atoms. The van der Waals surface area contributed by atoms with Crippen molar-refractivity contribution < 1.29 is 28.7 Å². The first kappa shape index (κ1) is 28.3. The molecule has 1 unspecified atom stereocenters. The average molecular weight is 520 g/mol. The van der Waals surface area contributed by atoms with Gasteiger partial charge in [-0.3, -0.25) is 19.4 Å². The molecule has 0 fully saturated rings. The van der Waals surface area contributed by atoms with Crippen LogP contribution in [-0.2, 0) is 9.59 Å². The van der Waals surface area contributed by atoms with Gasteiger partial charge in [0.05, 0.1) is 29.9 Å². The number of pyridine rings is 1. The Hall–Kier alpha value is -4.27. The van der Waals surface area contributed by atoms with E-state index in [1.165, 1.54) is 25.1 Å². The zero-order chi connectivity index (χ0) is 27.5. The van der Waals surface area contributed by atoms with E-state index in [9.17, 15) is 19.2 Å². The first-order chi connectivity index (χ1) is 18.4. The van der Waals surface area contributed by atoms with Crippen molar-refractivity contribution in [1.29, 1.82) is 0 Å². The van der Waals surface area contributed by atoms with Crippen LogP contribution in [-0.4, -0.2) is 67.6 Å². The van der Waals surface area contributed by atoms with Crippen LogP contribution in [0.4, 0.5) is 0 Å². The Labute approximate surface area is 222 Å². The topological polar surface area (TPSA) is 115 Å². The van der Waals surface area contributed by atoms with Gasteiger partial charge in [-0.05, 0) is 50.5 Å². The lowest BCUT2D eigenvalue weighted by atomic mass is 10.0. The molecule has 0 saturated carbocycles. The van der Waals surface area contributed by atoms with Crippen molar-refractivity contribution in [2.75, 3.05) is 27.3 Å². The Morgan fingerprint density at radius 1 is 1.03 bits per heavy atom. The highest BCUT2D eigenvalue weighted by molar-refractivity contribution is 6.04. The Morgan fingerprint density at radius 3 is 2.42 bits per heavy atom. The van der Waals surface area contributed by atoms with Gasteiger partial charge >= 0.3 is 0 Å². The summed E-state index contributed by atoms with van der Waals surface area (Å²) < 4.78 is 11.8. The van der Waals surface area contributed by atoms with Crippen LogP contribution in [0.15, 0.2) is 48.5 Å². The zero-order valence-corrected chi connectivity index (χ0v) is 21.9. The number of amides is 2. The maximum atomic E-state index is 13.2. The molecule has 0 spiro atoms. The number of para-hydroxylation sites is 1. The third-order valence-corrected chi connectivity index (χ3v) is 6.17. The number of likely N-dealkylation sites (N-methyl/N-ethyl adjacent to an activating group) is 2. The van der Waals surface area contributed by atoms with E-state index in [1.807, 2.05) is 37.3 Å². The van der Waals surface area contributed by atoms with Gasteiger partial charge in [-0.15, -0.1) is 0 Å². The first-order valence-electron chi connectivity index (χ1n) is 12.5. The molecule has 38 heavy (non-hydrogen) atoms. The monoisotopic (exact) mass is 519 g/mol. The van der Waals surface area contributed by atoms with E-state index >= 15 is 0 Å². The van der Waals surface area contributed by atoms with Crippen molar-refractivity contribution >= 4 is 35.3 Å². The van der Waals surface area contributed by atoms with Gasteiger partial charge in [0.2, 0.25) is 5.91 Å². The number of carbonyl (C=O) groups excluding carboxylic acids is 4. The molecule has 3 rings (SSSR count). The van der Waals surface area contributed by atoms with Crippen LogP contribution >= 0.6 is 0 Å². The molecule has 9 nitrogen and oxygen atoms in total. The van der Waals surface area contributed by atoms with Gasteiger partial charge in [0.25, 0.3) is 5.91 Å². The maximum Gasteiger partial charge on any atom is 0.255 e. The molecule has 200 valence electrons. The second kappa shape index (κ2) is 13.9. The third-order valence-electron chi connectivity index (χ3n) is 6.17. The Bertz CT molecular complexity index is 1290. The van der Waals surface area contributed by atoms with Crippen molar-refractivity contribution in [3.63, 3.8) is 0 Å². The van der Waals surface area contributed by atoms with E-state index in [4.69, 9.17) is 9.47 Å². The number of hydrogen-bond donors (Lipinski definition) is 1. The maximum absolute atomic E-state index is 13.2. The molecule has 3 aromatic rings. The van der Waals surface area contributed by atoms with Crippen LogP contribution in [0.25, 0.3) is 10.9 Å². The van der Waals surface area contributed by atoms with E-state index in [0.29, 0.717) is 38.0 Å². The van der Waals surface area contributed by atoms with Crippen LogP contribution in [0, 0.1) is 6.92 Å². The lowest BCUT2D eigenvalue weighted by molar-refractivity contribution is -0.125. The van der Waals surface area contributed by atoms with E-state index in [1.54, 1.807) is 12.1 Å². The number of benzene rings is 2. The molecular formula is C29H33N3O6. The highest BCUT2D eigenvalue weighted by Crippen LogP contribution is 2.26.